The van der Waals surface area contributed by atoms with E-state index in [1.54, 1.807) is 25.2 Å². The first-order valence-corrected chi connectivity index (χ1v) is 6.15. The molecule has 1 aliphatic carbocycles. The maximum Gasteiger partial charge on any atom is 0.343 e. The number of rotatable bonds is 7. The number of Topliss-reactive ketones (excluding diaryl/α,β-unsaturated/α-hetero) is 1. The lowest BCUT2D eigenvalue weighted by atomic mass is 10.1. The molecule has 0 aromatic heterocycles. The van der Waals surface area contributed by atoms with Crippen LogP contribution in [-0.4, -0.2) is 37.4 Å². The molecule has 1 rings (SSSR count). The molecule has 1 aliphatic rings. The fraction of sp³-hybridized carbons (Fsp3) is 0.692. The standard InChI is InChI=1S/C13H21NO3/c1-4-5-8-17-13(16)11(9-14(2)3)12(15)10-6-7-10/h9-10H,4-8H2,1-3H3. The van der Waals surface area contributed by atoms with Gasteiger partial charge in [0.1, 0.15) is 5.57 Å². The van der Waals surface area contributed by atoms with Gasteiger partial charge in [0.25, 0.3) is 0 Å². The van der Waals surface area contributed by atoms with Gasteiger partial charge in [-0.3, -0.25) is 4.79 Å². The number of carbonyl (C=O) groups excluding carboxylic acids is 2. The predicted octanol–water partition coefficient (Wildman–Crippen LogP) is 1.75. The summed E-state index contributed by atoms with van der Waals surface area (Å²) in [4.78, 5) is 25.4. The maximum atomic E-state index is 11.9. The summed E-state index contributed by atoms with van der Waals surface area (Å²) in [6.45, 7) is 2.41. The van der Waals surface area contributed by atoms with Crippen molar-refractivity contribution in [3.8, 4) is 0 Å². The van der Waals surface area contributed by atoms with E-state index in [2.05, 4.69) is 0 Å². The number of unbranched alkanes of at least 4 members (excludes halogenated alkanes) is 1. The van der Waals surface area contributed by atoms with Crippen LogP contribution in [0.2, 0.25) is 0 Å². The highest BCUT2D eigenvalue weighted by molar-refractivity contribution is 6.18. The molecule has 0 atom stereocenters. The summed E-state index contributed by atoms with van der Waals surface area (Å²) in [6, 6.07) is 0. The second kappa shape index (κ2) is 6.42. The molecule has 0 amide bonds. The zero-order chi connectivity index (χ0) is 12.8. The molecule has 0 aromatic carbocycles. The third-order valence-electron chi connectivity index (χ3n) is 2.55. The van der Waals surface area contributed by atoms with Crippen LogP contribution in [0, 0.1) is 5.92 Å². The predicted molar refractivity (Wildman–Crippen MR) is 65.4 cm³/mol. The van der Waals surface area contributed by atoms with Crippen LogP contribution in [-0.2, 0) is 14.3 Å². The summed E-state index contributed by atoms with van der Waals surface area (Å²) in [5.41, 5.74) is 0.189. The molecule has 17 heavy (non-hydrogen) atoms. The van der Waals surface area contributed by atoms with E-state index in [-0.39, 0.29) is 17.3 Å². The molecular formula is C13H21NO3. The van der Waals surface area contributed by atoms with Gasteiger partial charge in [-0.2, -0.15) is 0 Å². The van der Waals surface area contributed by atoms with Gasteiger partial charge >= 0.3 is 5.97 Å². The Bertz CT molecular complexity index is 317. The Morgan fingerprint density at radius 3 is 2.47 bits per heavy atom. The second-order valence-electron chi connectivity index (χ2n) is 4.63. The molecule has 0 radical (unpaired) electrons. The summed E-state index contributed by atoms with van der Waals surface area (Å²) in [6.07, 6.45) is 5.15. The Labute approximate surface area is 103 Å². The highest BCUT2D eigenvalue weighted by Crippen LogP contribution is 2.32. The van der Waals surface area contributed by atoms with E-state index in [9.17, 15) is 9.59 Å². The van der Waals surface area contributed by atoms with E-state index < -0.39 is 5.97 Å². The van der Waals surface area contributed by atoms with Gasteiger partial charge in [0.05, 0.1) is 6.61 Å². The quantitative estimate of drug-likeness (QED) is 0.223. The molecule has 1 saturated carbocycles. The number of hydrogen-bond acceptors (Lipinski definition) is 4. The lowest BCUT2D eigenvalue weighted by molar-refractivity contribution is -0.140. The van der Waals surface area contributed by atoms with Crippen LogP contribution < -0.4 is 0 Å². The average molecular weight is 239 g/mol. The largest absolute Gasteiger partial charge is 0.462 e. The lowest BCUT2D eigenvalue weighted by Gasteiger charge is -2.10. The molecule has 0 unspecified atom stereocenters. The fourth-order valence-corrected chi connectivity index (χ4v) is 1.43. The monoisotopic (exact) mass is 239 g/mol. The van der Waals surface area contributed by atoms with Crippen LogP contribution in [0.1, 0.15) is 32.6 Å². The van der Waals surface area contributed by atoms with Crippen molar-refractivity contribution in [3.05, 3.63) is 11.8 Å². The molecule has 96 valence electrons. The van der Waals surface area contributed by atoms with Crippen molar-refractivity contribution in [2.45, 2.75) is 32.6 Å². The van der Waals surface area contributed by atoms with Crippen molar-refractivity contribution < 1.29 is 14.3 Å². The third-order valence-corrected chi connectivity index (χ3v) is 2.55. The number of esters is 1. The van der Waals surface area contributed by atoms with Crippen molar-refractivity contribution in [1.82, 2.24) is 4.90 Å². The van der Waals surface area contributed by atoms with Gasteiger partial charge in [0, 0.05) is 26.2 Å². The minimum absolute atomic E-state index is 0.0416. The molecule has 1 fully saturated rings. The Balaban J connectivity index is 2.62. The summed E-state index contributed by atoms with van der Waals surface area (Å²) in [5.74, 6) is -0.510. The minimum Gasteiger partial charge on any atom is -0.462 e. The van der Waals surface area contributed by atoms with Crippen molar-refractivity contribution in [1.29, 1.82) is 0 Å². The summed E-state index contributed by atoms with van der Waals surface area (Å²) >= 11 is 0. The average Bonchev–Trinajstić information content (AvgIpc) is 3.08. The Kier molecular flexibility index (Phi) is 5.19. The molecule has 0 aliphatic heterocycles. The molecule has 4 heteroatoms. The second-order valence-corrected chi connectivity index (χ2v) is 4.63. The van der Waals surface area contributed by atoms with Gasteiger partial charge in [-0.05, 0) is 19.3 Å². The highest BCUT2D eigenvalue weighted by Gasteiger charge is 2.35. The van der Waals surface area contributed by atoms with E-state index in [4.69, 9.17) is 4.74 Å². The van der Waals surface area contributed by atoms with E-state index in [0.29, 0.717) is 6.61 Å². The number of hydrogen-bond donors (Lipinski definition) is 0. The third kappa shape index (κ3) is 4.59. The normalized spacial score (nSPS) is 15.6. The number of ether oxygens (including phenoxy) is 1. The minimum atomic E-state index is -0.482. The summed E-state index contributed by atoms with van der Waals surface area (Å²) in [5, 5.41) is 0. The van der Waals surface area contributed by atoms with Crippen LogP contribution in [0.5, 0.6) is 0 Å². The van der Waals surface area contributed by atoms with E-state index >= 15 is 0 Å². The van der Waals surface area contributed by atoms with Gasteiger partial charge in [0.2, 0.25) is 0 Å². The zero-order valence-corrected chi connectivity index (χ0v) is 10.9. The Morgan fingerprint density at radius 1 is 1.35 bits per heavy atom. The van der Waals surface area contributed by atoms with Gasteiger partial charge in [-0.15, -0.1) is 0 Å². The summed E-state index contributed by atoms with van der Waals surface area (Å²) < 4.78 is 5.09. The Morgan fingerprint density at radius 2 is 2.00 bits per heavy atom. The van der Waals surface area contributed by atoms with E-state index in [1.807, 2.05) is 6.92 Å². The van der Waals surface area contributed by atoms with Crippen molar-refractivity contribution >= 4 is 11.8 Å². The molecular weight excluding hydrogens is 218 g/mol. The van der Waals surface area contributed by atoms with Crippen molar-refractivity contribution in [2.75, 3.05) is 20.7 Å². The van der Waals surface area contributed by atoms with Crippen LogP contribution >= 0.6 is 0 Å². The Hall–Kier alpha value is -1.32. The zero-order valence-electron chi connectivity index (χ0n) is 10.9. The van der Waals surface area contributed by atoms with Crippen LogP contribution in [0.25, 0.3) is 0 Å². The number of nitrogens with zero attached hydrogens (tertiary/aromatic N) is 1. The molecule has 0 bridgehead atoms. The number of ketones is 1. The first-order valence-electron chi connectivity index (χ1n) is 6.15. The van der Waals surface area contributed by atoms with Crippen molar-refractivity contribution in [3.63, 3.8) is 0 Å². The molecule has 4 nitrogen and oxygen atoms in total. The van der Waals surface area contributed by atoms with Crippen molar-refractivity contribution in [2.24, 2.45) is 5.92 Å². The fourth-order valence-electron chi connectivity index (χ4n) is 1.43. The number of carbonyl (C=O) groups is 2. The van der Waals surface area contributed by atoms with Crippen LogP contribution in [0.15, 0.2) is 11.8 Å². The highest BCUT2D eigenvalue weighted by atomic mass is 16.5. The first-order chi connectivity index (χ1) is 8.06. The van der Waals surface area contributed by atoms with Gasteiger partial charge in [-0.1, -0.05) is 13.3 Å². The molecule has 0 aromatic rings. The smallest absolute Gasteiger partial charge is 0.343 e. The van der Waals surface area contributed by atoms with Gasteiger partial charge < -0.3 is 9.64 Å². The molecule has 0 saturated heterocycles. The van der Waals surface area contributed by atoms with Crippen LogP contribution in [0.4, 0.5) is 0 Å². The van der Waals surface area contributed by atoms with Crippen LogP contribution in [0.3, 0.4) is 0 Å². The molecule has 0 spiro atoms. The van der Waals surface area contributed by atoms with Gasteiger partial charge in [-0.25, -0.2) is 4.79 Å². The summed E-state index contributed by atoms with van der Waals surface area (Å²) in [7, 11) is 3.58. The van der Waals surface area contributed by atoms with E-state index in [0.717, 1.165) is 25.7 Å². The van der Waals surface area contributed by atoms with Gasteiger partial charge in [0.15, 0.2) is 5.78 Å². The molecule has 0 heterocycles. The van der Waals surface area contributed by atoms with E-state index in [1.165, 1.54) is 0 Å². The first kappa shape index (κ1) is 13.7. The lowest BCUT2D eigenvalue weighted by Crippen LogP contribution is -2.20. The topological polar surface area (TPSA) is 46.6 Å². The SMILES string of the molecule is CCCCOC(=O)C(=CN(C)C)C(=O)C1CC1. The molecule has 0 N–H and O–H groups in total. The maximum absolute atomic E-state index is 11.9.